The summed E-state index contributed by atoms with van der Waals surface area (Å²) in [7, 11) is -8.59. The Balaban J connectivity index is 1.71. The number of furan rings is 1. The van der Waals surface area contributed by atoms with Crippen molar-refractivity contribution < 1.29 is 39.0 Å². The van der Waals surface area contributed by atoms with E-state index in [-0.39, 0.29) is 22.1 Å². The van der Waals surface area contributed by atoms with E-state index in [2.05, 4.69) is 0 Å². The smallest absolute Gasteiger partial charge is 0.449 e. The van der Waals surface area contributed by atoms with Crippen LogP contribution < -0.4 is 0 Å². The van der Waals surface area contributed by atoms with Crippen molar-refractivity contribution >= 4 is 20.1 Å². The molecule has 0 aliphatic heterocycles. The zero-order chi connectivity index (χ0) is 29.5. The Morgan fingerprint density at radius 2 is 1.43 bits per heavy atom. The molecule has 7 nitrogen and oxygen atoms in total. The molecule has 0 aliphatic rings. The fourth-order valence-corrected chi connectivity index (χ4v) is 6.89. The number of rotatable bonds is 8. The van der Waals surface area contributed by atoms with Gasteiger partial charge in [0.2, 0.25) is 15.8 Å². The summed E-state index contributed by atoms with van der Waals surface area (Å²) in [5.41, 5.74) is 3.53. The minimum atomic E-state index is -4.71. The molecule has 0 aliphatic carbocycles. The average Bonchev–Trinajstić information content (AvgIpc) is 3.32. The third kappa shape index (κ3) is 6.47. The van der Waals surface area contributed by atoms with Gasteiger partial charge < -0.3 is 4.42 Å². The first-order valence-corrected chi connectivity index (χ1v) is 14.8. The monoisotopic (exact) mass is 593 g/mol. The number of hydrogen-bond donors (Lipinski definition) is 1. The first kappa shape index (κ1) is 29.5. The van der Waals surface area contributed by atoms with Gasteiger partial charge in [-0.15, -0.1) is 0 Å². The summed E-state index contributed by atoms with van der Waals surface area (Å²) in [6.45, 7) is 4.54. The van der Waals surface area contributed by atoms with E-state index in [1.54, 1.807) is 56.3 Å². The van der Waals surface area contributed by atoms with Crippen LogP contribution in [0.1, 0.15) is 33.8 Å². The van der Waals surface area contributed by atoms with Gasteiger partial charge in [-0.1, -0.05) is 54.1 Å². The van der Waals surface area contributed by atoms with Crippen molar-refractivity contribution in [1.29, 1.82) is 0 Å². The lowest BCUT2D eigenvalue weighted by molar-refractivity contribution is -0.153. The molecule has 0 bridgehead atoms. The molecule has 0 amide bonds. The molecule has 0 saturated heterocycles. The van der Waals surface area contributed by atoms with Gasteiger partial charge in [0.05, 0.1) is 16.3 Å². The van der Waals surface area contributed by atoms with Crippen LogP contribution in [-0.2, 0) is 39.4 Å². The Hall–Kier alpha value is -3.45. The number of nitrogens with zero attached hydrogens (tertiary/aromatic N) is 1. The lowest BCUT2D eigenvalue weighted by Gasteiger charge is -2.24. The lowest BCUT2D eigenvalue weighted by Crippen LogP contribution is -2.31. The van der Waals surface area contributed by atoms with E-state index in [4.69, 9.17) is 4.42 Å². The number of aryl methyl sites for hydroxylation is 3. The standard InChI is InChI=1S/C28H26F3NO6S2/c1-18-13-19(2)27(20(3)14-18)39(33,34)32(17-24-11-12-26(38-24)28(29,30)31)16-21-7-9-22(10-8-21)23-5-4-6-25(15-23)40(35,36)37/h4-15H,16-17H2,1-3H3,(H,35,36,37). The van der Waals surface area contributed by atoms with Gasteiger partial charge in [0, 0.05) is 6.54 Å². The third-order valence-corrected chi connectivity index (χ3v) is 9.20. The predicted octanol–water partition coefficient (Wildman–Crippen LogP) is 6.53. The molecule has 1 aromatic heterocycles. The molecular weight excluding hydrogens is 567 g/mol. The van der Waals surface area contributed by atoms with Crippen LogP contribution in [0, 0.1) is 20.8 Å². The Bertz CT molecular complexity index is 1740. The zero-order valence-corrected chi connectivity index (χ0v) is 23.4. The molecule has 3 aromatic carbocycles. The number of alkyl halides is 3. The lowest BCUT2D eigenvalue weighted by atomic mass is 10.0. The van der Waals surface area contributed by atoms with Gasteiger partial charge in [-0.05, 0) is 72.9 Å². The summed E-state index contributed by atoms with van der Waals surface area (Å²) in [5, 5.41) is 0. The molecule has 212 valence electrons. The highest BCUT2D eigenvalue weighted by Gasteiger charge is 2.36. The summed E-state index contributed by atoms with van der Waals surface area (Å²) < 4.78 is 106. The summed E-state index contributed by atoms with van der Waals surface area (Å²) >= 11 is 0. The van der Waals surface area contributed by atoms with E-state index in [1.165, 1.54) is 18.2 Å². The molecule has 1 heterocycles. The SMILES string of the molecule is Cc1cc(C)c(S(=O)(=O)N(Cc2ccc(-c3cccc(S(=O)(=O)O)c3)cc2)Cc2ccc(C(F)(F)F)o2)c(C)c1. The van der Waals surface area contributed by atoms with Gasteiger partial charge in [0.1, 0.15) is 5.76 Å². The highest BCUT2D eigenvalue weighted by molar-refractivity contribution is 7.89. The van der Waals surface area contributed by atoms with Gasteiger partial charge >= 0.3 is 6.18 Å². The van der Waals surface area contributed by atoms with E-state index in [0.29, 0.717) is 27.8 Å². The molecule has 0 atom stereocenters. The molecular formula is C28H26F3NO6S2. The van der Waals surface area contributed by atoms with E-state index in [1.807, 2.05) is 6.92 Å². The van der Waals surface area contributed by atoms with Gasteiger partial charge in [-0.25, -0.2) is 8.42 Å². The Morgan fingerprint density at radius 1 is 0.800 bits per heavy atom. The minimum absolute atomic E-state index is 0.0688. The molecule has 4 aromatic rings. The normalized spacial score (nSPS) is 12.7. The van der Waals surface area contributed by atoms with Gasteiger partial charge in [-0.3, -0.25) is 4.55 Å². The van der Waals surface area contributed by atoms with E-state index in [9.17, 15) is 34.6 Å². The Kier molecular flexibility index (Phi) is 8.01. The van der Waals surface area contributed by atoms with Crippen LogP contribution in [0.4, 0.5) is 13.2 Å². The van der Waals surface area contributed by atoms with Crippen LogP contribution in [-0.4, -0.2) is 25.7 Å². The maximum Gasteiger partial charge on any atom is 0.449 e. The van der Waals surface area contributed by atoms with E-state index < -0.39 is 38.6 Å². The van der Waals surface area contributed by atoms with Crippen molar-refractivity contribution in [2.45, 2.75) is 49.8 Å². The van der Waals surface area contributed by atoms with Crippen molar-refractivity contribution in [1.82, 2.24) is 4.31 Å². The molecule has 12 heteroatoms. The van der Waals surface area contributed by atoms with Crippen LogP contribution in [0.5, 0.6) is 0 Å². The molecule has 0 saturated carbocycles. The maximum absolute atomic E-state index is 13.9. The maximum atomic E-state index is 13.9. The fraction of sp³-hybridized carbons (Fsp3) is 0.214. The minimum Gasteiger partial charge on any atom is -0.455 e. The van der Waals surface area contributed by atoms with Crippen LogP contribution >= 0.6 is 0 Å². The summed E-state index contributed by atoms with van der Waals surface area (Å²) in [5.74, 6) is -1.39. The topological polar surface area (TPSA) is 105 Å². The van der Waals surface area contributed by atoms with Gasteiger partial charge in [0.15, 0.2) is 0 Å². The average molecular weight is 594 g/mol. The summed E-state index contributed by atoms with van der Waals surface area (Å²) in [4.78, 5) is -0.203. The highest BCUT2D eigenvalue weighted by atomic mass is 32.2. The van der Waals surface area contributed by atoms with Crippen molar-refractivity contribution in [2.75, 3.05) is 0 Å². The van der Waals surface area contributed by atoms with E-state index >= 15 is 0 Å². The molecule has 0 radical (unpaired) electrons. The number of halogens is 3. The van der Waals surface area contributed by atoms with Crippen LogP contribution in [0.25, 0.3) is 11.1 Å². The largest absolute Gasteiger partial charge is 0.455 e. The number of hydrogen-bond acceptors (Lipinski definition) is 5. The molecule has 1 N–H and O–H groups in total. The van der Waals surface area contributed by atoms with Gasteiger partial charge in [-0.2, -0.15) is 25.9 Å². The van der Waals surface area contributed by atoms with Crippen LogP contribution in [0.15, 0.2) is 87.0 Å². The molecule has 0 fully saturated rings. The second-order valence-electron chi connectivity index (χ2n) is 9.46. The summed E-state index contributed by atoms with van der Waals surface area (Å²) in [6.07, 6.45) is -4.71. The highest BCUT2D eigenvalue weighted by Crippen LogP contribution is 2.33. The Morgan fingerprint density at radius 3 is 1.98 bits per heavy atom. The predicted molar refractivity (Wildman–Crippen MR) is 142 cm³/mol. The number of sulfonamides is 1. The number of benzene rings is 3. The molecule has 0 spiro atoms. The van der Waals surface area contributed by atoms with Gasteiger partial charge in [0.25, 0.3) is 10.1 Å². The molecule has 0 unspecified atom stereocenters. The summed E-state index contributed by atoms with van der Waals surface area (Å²) in [6, 6.07) is 17.6. The van der Waals surface area contributed by atoms with E-state index in [0.717, 1.165) is 22.0 Å². The Labute approximate surface area is 230 Å². The molecule has 4 rings (SSSR count). The second-order valence-corrected chi connectivity index (χ2v) is 12.8. The third-order valence-electron chi connectivity index (χ3n) is 6.25. The first-order chi connectivity index (χ1) is 18.6. The first-order valence-electron chi connectivity index (χ1n) is 12.0. The fourth-order valence-electron chi connectivity index (χ4n) is 4.56. The van der Waals surface area contributed by atoms with Crippen molar-refractivity contribution in [3.8, 4) is 11.1 Å². The molecule has 40 heavy (non-hydrogen) atoms. The van der Waals surface area contributed by atoms with Crippen molar-refractivity contribution in [2.24, 2.45) is 0 Å². The zero-order valence-electron chi connectivity index (χ0n) is 21.7. The van der Waals surface area contributed by atoms with Crippen molar-refractivity contribution in [3.63, 3.8) is 0 Å². The van der Waals surface area contributed by atoms with Crippen molar-refractivity contribution in [3.05, 3.63) is 107 Å². The van der Waals surface area contributed by atoms with Crippen LogP contribution in [0.3, 0.4) is 0 Å². The quantitative estimate of drug-likeness (QED) is 0.233. The second kappa shape index (κ2) is 10.8. The van der Waals surface area contributed by atoms with Crippen LogP contribution in [0.2, 0.25) is 0 Å².